The lowest BCUT2D eigenvalue weighted by Gasteiger charge is -2.08. The topological polar surface area (TPSA) is 75.3 Å². The van der Waals surface area contributed by atoms with E-state index in [1.165, 1.54) is 36.4 Å². The van der Waals surface area contributed by atoms with Crippen molar-refractivity contribution < 1.29 is 17.6 Å². The van der Waals surface area contributed by atoms with E-state index in [2.05, 4.69) is 10.0 Å². The van der Waals surface area contributed by atoms with Gasteiger partial charge in [-0.1, -0.05) is 18.2 Å². The monoisotopic (exact) mass is 348 g/mol. The Bertz CT molecular complexity index is 846. The van der Waals surface area contributed by atoms with Crippen LogP contribution in [0.3, 0.4) is 0 Å². The fourth-order valence-electron chi connectivity index (χ4n) is 2.18. The summed E-state index contributed by atoms with van der Waals surface area (Å²) in [7, 11) is -3.78. The molecule has 0 bridgehead atoms. The van der Waals surface area contributed by atoms with Crippen LogP contribution in [0.2, 0.25) is 0 Å². The lowest BCUT2D eigenvalue weighted by atomic mass is 10.2. The highest BCUT2D eigenvalue weighted by atomic mass is 32.2. The average Bonchev–Trinajstić information content (AvgIpc) is 3.38. The molecule has 0 heterocycles. The number of benzene rings is 2. The maximum absolute atomic E-state index is 13.5. The summed E-state index contributed by atoms with van der Waals surface area (Å²) in [5, 5.41) is 2.84. The zero-order valence-corrected chi connectivity index (χ0v) is 13.6. The molecule has 2 aromatic carbocycles. The molecule has 0 atom stereocenters. The Hall–Kier alpha value is -2.25. The second-order valence-electron chi connectivity index (χ2n) is 5.69. The molecule has 1 aliphatic carbocycles. The van der Waals surface area contributed by atoms with E-state index in [1.54, 1.807) is 12.1 Å². The van der Waals surface area contributed by atoms with Gasteiger partial charge in [-0.25, -0.2) is 17.5 Å². The van der Waals surface area contributed by atoms with Crippen molar-refractivity contribution in [3.63, 3.8) is 0 Å². The van der Waals surface area contributed by atoms with E-state index in [4.69, 9.17) is 0 Å². The van der Waals surface area contributed by atoms with Crippen LogP contribution in [0.5, 0.6) is 0 Å². The molecule has 126 valence electrons. The summed E-state index contributed by atoms with van der Waals surface area (Å²) in [6, 6.07) is 11.9. The van der Waals surface area contributed by atoms with E-state index in [9.17, 15) is 17.6 Å². The van der Waals surface area contributed by atoms with Gasteiger partial charge in [0, 0.05) is 23.7 Å². The Kier molecular flexibility index (Phi) is 4.64. The summed E-state index contributed by atoms with van der Waals surface area (Å²) in [6.45, 7) is -0.140. The van der Waals surface area contributed by atoms with E-state index in [0.29, 0.717) is 5.56 Å². The van der Waals surface area contributed by atoms with Gasteiger partial charge in [-0.2, -0.15) is 0 Å². The van der Waals surface area contributed by atoms with Crippen LogP contribution in [0.25, 0.3) is 0 Å². The van der Waals surface area contributed by atoms with Gasteiger partial charge in [0.05, 0.1) is 4.90 Å². The number of carbonyl (C=O) groups is 1. The van der Waals surface area contributed by atoms with Gasteiger partial charge in [0.1, 0.15) is 5.82 Å². The minimum absolute atomic E-state index is 0.0295. The Balaban J connectivity index is 1.67. The highest BCUT2D eigenvalue weighted by Crippen LogP contribution is 2.19. The van der Waals surface area contributed by atoms with Crippen molar-refractivity contribution >= 4 is 15.9 Å². The smallest absolute Gasteiger partial charge is 0.251 e. The summed E-state index contributed by atoms with van der Waals surface area (Å²) in [6.07, 6.45) is 1.97. The predicted octanol–water partition coefficient (Wildman–Crippen LogP) is 2.20. The lowest BCUT2D eigenvalue weighted by molar-refractivity contribution is 0.0951. The van der Waals surface area contributed by atoms with Crippen LogP contribution < -0.4 is 10.0 Å². The number of halogens is 1. The molecule has 1 saturated carbocycles. The SMILES string of the molecule is O=C(NC1CC1)c1ccc(S(=O)(=O)NCc2ccccc2F)cc1. The molecule has 0 aliphatic heterocycles. The first-order valence-electron chi connectivity index (χ1n) is 7.60. The third-order valence-corrected chi connectivity index (χ3v) is 5.17. The van der Waals surface area contributed by atoms with Gasteiger partial charge in [-0.3, -0.25) is 4.79 Å². The fourth-order valence-corrected chi connectivity index (χ4v) is 3.19. The summed E-state index contributed by atoms with van der Waals surface area (Å²) in [5.74, 6) is -0.673. The molecule has 1 amide bonds. The molecule has 0 unspecified atom stereocenters. The molecule has 2 aromatic rings. The number of hydrogen-bond acceptors (Lipinski definition) is 3. The minimum atomic E-state index is -3.78. The number of hydrogen-bond donors (Lipinski definition) is 2. The predicted molar refractivity (Wildman–Crippen MR) is 87.4 cm³/mol. The molecule has 7 heteroatoms. The summed E-state index contributed by atoms with van der Waals surface area (Å²) in [5.41, 5.74) is 0.677. The Morgan fingerprint density at radius 1 is 1.08 bits per heavy atom. The molecule has 0 radical (unpaired) electrons. The molecular weight excluding hydrogens is 331 g/mol. The highest BCUT2D eigenvalue weighted by molar-refractivity contribution is 7.89. The van der Waals surface area contributed by atoms with Crippen molar-refractivity contribution in [3.8, 4) is 0 Å². The van der Waals surface area contributed by atoms with Gasteiger partial charge in [0.2, 0.25) is 10.0 Å². The van der Waals surface area contributed by atoms with E-state index in [0.717, 1.165) is 12.8 Å². The lowest BCUT2D eigenvalue weighted by Crippen LogP contribution is -2.26. The van der Waals surface area contributed by atoms with Gasteiger partial charge in [-0.05, 0) is 43.2 Å². The second-order valence-corrected chi connectivity index (χ2v) is 7.46. The van der Waals surface area contributed by atoms with E-state index in [-0.39, 0.29) is 29.0 Å². The number of rotatable bonds is 6. The number of amides is 1. The third kappa shape index (κ3) is 3.98. The largest absolute Gasteiger partial charge is 0.349 e. The molecule has 0 aromatic heterocycles. The molecule has 3 rings (SSSR count). The zero-order chi connectivity index (χ0) is 17.2. The van der Waals surface area contributed by atoms with Crippen LogP contribution in [0.4, 0.5) is 4.39 Å². The van der Waals surface area contributed by atoms with Crippen molar-refractivity contribution in [2.24, 2.45) is 0 Å². The van der Waals surface area contributed by atoms with Crippen LogP contribution in [0, 0.1) is 5.82 Å². The van der Waals surface area contributed by atoms with Crippen molar-refractivity contribution in [1.29, 1.82) is 0 Å². The molecule has 0 saturated heterocycles. The van der Waals surface area contributed by atoms with Gasteiger partial charge < -0.3 is 5.32 Å². The molecule has 5 nitrogen and oxygen atoms in total. The van der Waals surface area contributed by atoms with Crippen molar-refractivity contribution in [1.82, 2.24) is 10.0 Å². The van der Waals surface area contributed by atoms with Crippen LogP contribution >= 0.6 is 0 Å². The quantitative estimate of drug-likeness (QED) is 0.840. The molecule has 1 aliphatic rings. The van der Waals surface area contributed by atoms with Crippen LogP contribution in [-0.2, 0) is 16.6 Å². The first-order valence-corrected chi connectivity index (χ1v) is 9.08. The fraction of sp³-hybridized carbons (Fsp3) is 0.235. The summed E-state index contributed by atoms with van der Waals surface area (Å²) in [4.78, 5) is 11.9. The van der Waals surface area contributed by atoms with Crippen molar-refractivity contribution in [2.45, 2.75) is 30.3 Å². The van der Waals surface area contributed by atoms with Gasteiger partial charge in [0.25, 0.3) is 5.91 Å². The van der Waals surface area contributed by atoms with Gasteiger partial charge in [-0.15, -0.1) is 0 Å². The standard InChI is InChI=1S/C17H17FN2O3S/c18-16-4-2-1-3-13(16)11-19-24(22,23)15-9-5-12(6-10-15)17(21)20-14-7-8-14/h1-6,9-10,14,19H,7-8,11H2,(H,20,21). The maximum atomic E-state index is 13.5. The molecule has 2 N–H and O–H groups in total. The van der Waals surface area contributed by atoms with E-state index < -0.39 is 15.8 Å². The van der Waals surface area contributed by atoms with E-state index >= 15 is 0 Å². The van der Waals surface area contributed by atoms with Gasteiger partial charge >= 0.3 is 0 Å². The number of sulfonamides is 1. The zero-order valence-electron chi connectivity index (χ0n) is 12.8. The summed E-state index contributed by atoms with van der Waals surface area (Å²) >= 11 is 0. The van der Waals surface area contributed by atoms with Gasteiger partial charge in [0.15, 0.2) is 0 Å². The first kappa shape index (κ1) is 16.6. The van der Waals surface area contributed by atoms with E-state index in [1.807, 2.05) is 0 Å². The Morgan fingerprint density at radius 2 is 1.75 bits per heavy atom. The Morgan fingerprint density at radius 3 is 2.38 bits per heavy atom. The second kappa shape index (κ2) is 6.70. The number of carbonyl (C=O) groups excluding carboxylic acids is 1. The highest BCUT2D eigenvalue weighted by Gasteiger charge is 2.24. The molecule has 1 fully saturated rings. The normalized spacial score (nSPS) is 14.4. The van der Waals surface area contributed by atoms with Crippen molar-refractivity contribution in [3.05, 3.63) is 65.5 Å². The number of nitrogens with one attached hydrogen (secondary N) is 2. The van der Waals surface area contributed by atoms with Crippen LogP contribution in [-0.4, -0.2) is 20.4 Å². The summed E-state index contributed by atoms with van der Waals surface area (Å²) < 4.78 is 40.4. The Labute approximate surface area is 139 Å². The minimum Gasteiger partial charge on any atom is -0.349 e. The molecule has 0 spiro atoms. The van der Waals surface area contributed by atoms with Crippen molar-refractivity contribution in [2.75, 3.05) is 0 Å². The molecular formula is C17H17FN2O3S. The average molecular weight is 348 g/mol. The first-order chi connectivity index (χ1) is 11.5. The van der Waals surface area contributed by atoms with Crippen LogP contribution in [0.1, 0.15) is 28.8 Å². The maximum Gasteiger partial charge on any atom is 0.251 e. The van der Waals surface area contributed by atoms with Crippen LogP contribution in [0.15, 0.2) is 53.4 Å². The third-order valence-electron chi connectivity index (χ3n) is 3.75. The molecule has 24 heavy (non-hydrogen) atoms.